The number of hydrogen-bond donors (Lipinski definition) is 1. The lowest BCUT2D eigenvalue weighted by Gasteiger charge is -2.05. The summed E-state index contributed by atoms with van der Waals surface area (Å²) in [7, 11) is 0. The van der Waals surface area contributed by atoms with Crippen LogP contribution in [0.2, 0.25) is 0 Å². The summed E-state index contributed by atoms with van der Waals surface area (Å²) < 4.78 is 0. The molecule has 0 radical (unpaired) electrons. The van der Waals surface area contributed by atoms with E-state index in [1.54, 1.807) is 0 Å². The fourth-order valence-electron chi connectivity index (χ4n) is 1.53. The molecule has 2 heteroatoms. The Bertz CT molecular complexity index is 527. The summed E-state index contributed by atoms with van der Waals surface area (Å²) >= 11 is 0. The van der Waals surface area contributed by atoms with Gasteiger partial charge in [0.2, 0.25) is 0 Å². The molecule has 0 fully saturated rings. The Balaban J connectivity index is 2.44. The summed E-state index contributed by atoms with van der Waals surface area (Å²) in [6, 6.07) is 12.3. The first-order valence-corrected chi connectivity index (χ1v) is 5.46. The first-order chi connectivity index (χ1) is 7.66. The number of nitrogens with two attached hydrogens (primary N) is 1. The predicted octanol–water partition coefficient (Wildman–Crippen LogP) is 2.99. The standard InChI is InChI=1S/C14H16N2/c1-10(11(2)15)9-13-8-7-12-5-3-4-6-14(12)16-13/h3-9,11H,15H2,1-2H3/b10-9+. The first-order valence-electron chi connectivity index (χ1n) is 5.46. The summed E-state index contributed by atoms with van der Waals surface area (Å²) in [5.41, 5.74) is 8.93. The fourth-order valence-corrected chi connectivity index (χ4v) is 1.53. The number of fused-ring (bicyclic) bond motifs is 1. The molecule has 0 bridgehead atoms. The molecule has 2 N–H and O–H groups in total. The van der Waals surface area contributed by atoms with E-state index in [2.05, 4.69) is 17.1 Å². The van der Waals surface area contributed by atoms with E-state index >= 15 is 0 Å². The molecule has 0 saturated heterocycles. The van der Waals surface area contributed by atoms with Crippen molar-refractivity contribution in [3.8, 4) is 0 Å². The molecular weight excluding hydrogens is 196 g/mol. The Labute approximate surface area is 95.8 Å². The SMILES string of the molecule is C/C(=C\c1ccc2ccccc2n1)C(C)N. The van der Waals surface area contributed by atoms with Crippen molar-refractivity contribution in [3.05, 3.63) is 47.7 Å². The third-order valence-electron chi connectivity index (χ3n) is 2.71. The van der Waals surface area contributed by atoms with Crippen molar-refractivity contribution < 1.29 is 0 Å². The first kappa shape index (κ1) is 10.8. The van der Waals surface area contributed by atoms with Crippen LogP contribution in [-0.2, 0) is 0 Å². The van der Waals surface area contributed by atoms with Gasteiger partial charge < -0.3 is 5.73 Å². The molecule has 1 aromatic heterocycles. The number of nitrogens with zero attached hydrogens (tertiary/aromatic N) is 1. The van der Waals surface area contributed by atoms with Gasteiger partial charge in [-0.15, -0.1) is 0 Å². The summed E-state index contributed by atoms with van der Waals surface area (Å²) in [6.45, 7) is 4.01. The van der Waals surface area contributed by atoms with Gasteiger partial charge in [-0.2, -0.15) is 0 Å². The highest BCUT2D eigenvalue weighted by Gasteiger charge is 1.99. The molecule has 1 unspecified atom stereocenters. The normalized spacial score (nSPS) is 14.1. The monoisotopic (exact) mass is 212 g/mol. The Morgan fingerprint density at radius 2 is 2.00 bits per heavy atom. The Kier molecular flexibility index (Phi) is 3.02. The lowest BCUT2D eigenvalue weighted by Crippen LogP contribution is -2.15. The quantitative estimate of drug-likeness (QED) is 0.831. The second-order valence-corrected chi connectivity index (χ2v) is 4.11. The highest BCUT2D eigenvalue weighted by atomic mass is 14.7. The summed E-state index contributed by atoms with van der Waals surface area (Å²) in [4.78, 5) is 4.57. The second-order valence-electron chi connectivity index (χ2n) is 4.11. The van der Waals surface area contributed by atoms with Crippen LogP contribution in [0.1, 0.15) is 19.5 Å². The van der Waals surface area contributed by atoms with Crippen LogP contribution in [-0.4, -0.2) is 11.0 Å². The van der Waals surface area contributed by atoms with Crippen LogP contribution in [0.15, 0.2) is 42.0 Å². The maximum Gasteiger partial charge on any atom is 0.0709 e. The van der Waals surface area contributed by atoms with Crippen LogP contribution < -0.4 is 5.73 Å². The molecule has 2 rings (SSSR count). The van der Waals surface area contributed by atoms with E-state index in [0.29, 0.717) is 0 Å². The largest absolute Gasteiger partial charge is 0.324 e. The maximum atomic E-state index is 5.80. The van der Waals surface area contributed by atoms with Gasteiger partial charge in [0.15, 0.2) is 0 Å². The van der Waals surface area contributed by atoms with E-state index in [4.69, 9.17) is 5.73 Å². The van der Waals surface area contributed by atoms with E-state index in [1.807, 2.05) is 44.2 Å². The molecule has 0 aliphatic rings. The van der Waals surface area contributed by atoms with Gasteiger partial charge in [0.05, 0.1) is 11.2 Å². The van der Waals surface area contributed by atoms with Crippen molar-refractivity contribution in [2.45, 2.75) is 19.9 Å². The number of rotatable bonds is 2. The zero-order chi connectivity index (χ0) is 11.5. The van der Waals surface area contributed by atoms with Gasteiger partial charge in [-0.1, -0.05) is 29.8 Å². The second kappa shape index (κ2) is 4.45. The van der Waals surface area contributed by atoms with Gasteiger partial charge in [0, 0.05) is 11.4 Å². The molecule has 2 nitrogen and oxygen atoms in total. The molecule has 1 aromatic carbocycles. The zero-order valence-corrected chi connectivity index (χ0v) is 9.64. The lowest BCUT2D eigenvalue weighted by molar-refractivity contribution is 0.867. The third kappa shape index (κ3) is 2.28. The van der Waals surface area contributed by atoms with E-state index in [-0.39, 0.29) is 6.04 Å². The summed E-state index contributed by atoms with van der Waals surface area (Å²) in [5, 5.41) is 1.16. The van der Waals surface area contributed by atoms with Crippen LogP contribution in [0.4, 0.5) is 0 Å². The van der Waals surface area contributed by atoms with Crippen molar-refractivity contribution in [1.82, 2.24) is 4.98 Å². The number of benzene rings is 1. The molecule has 0 spiro atoms. The number of hydrogen-bond acceptors (Lipinski definition) is 2. The van der Waals surface area contributed by atoms with E-state index in [0.717, 1.165) is 22.2 Å². The van der Waals surface area contributed by atoms with Crippen LogP contribution in [0.25, 0.3) is 17.0 Å². The third-order valence-corrected chi connectivity index (χ3v) is 2.71. The van der Waals surface area contributed by atoms with Gasteiger partial charge in [0.1, 0.15) is 0 Å². The minimum absolute atomic E-state index is 0.0771. The Morgan fingerprint density at radius 3 is 2.75 bits per heavy atom. The molecule has 16 heavy (non-hydrogen) atoms. The van der Waals surface area contributed by atoms with Gasteiger partial charge >= 0.3 is 0 Å². The Hall–Kier alpha value is -1.67. The summed E-state index contributed by atoms with van der Waals surface area (Å²) in [6.07, 6.45) is 2.04. The van der Waals surface area contributed by atoms with Gasteiger partial charge in [-0.25, -0.2) is 4.98 Å². The molecule has 1 heterocycles. The number of para-hydroxylation sites is 1. The lowest BCUT2D eigenvalue weighted by atomic mass is 10.1. The van der Waals surface area contributed by atoms with Crippen LogP contribution >= 0.6 is 0 Å². The van der Waals surface area contributed by atoms with Crippen molar-refractivity contribution in [3.63, 3.8) is 0 Å². The molecular formula is C14H16N2. The van der Waals surface area contributed by atoms with Gasteiger partial charge in [-0.05, 0) is 32.1 Å². The zero-order valence-electron chi connectivity index (χ0n) is 9.64. The molecule has 82 valence electrons. The molecule has 0 saturated carbocycles. The molecule has 0 amide bonds. The van der Waals surface area contributed by atoms with Crippen molar-refractivity contribution >= 4 is 17.0 Å². The van der Waals surface area contributed by atoms with E-state index < -0.39 is 0 Å². The number of pyridine rings is 1. The molecule has 2 aromatic rings. The summed E-state index contributed by atoms with van der Waals surface area (Å²) in [5.74, 6) is 0. The topological polar surface area (TPSA) is 38.9 Å². The van der Waals surface area contributed by atoms with Gasteiger partial charge in [-0.3, -0.25) is 0 Å². The molecule has 1 atom stereocenters. The highest BCUT2D eigenvalue weighted by Crippen LogP contribution is 2.14. The maximum absolute atomic E-state index is 5.80. The number of aromatic nitrogens is 1. The Morgan fingerprint density at radius 1 is 1.25 bits per heavy atom. The molecule has 0 aliphatic heterocycles. The fraction of sp³-hybridized carbons (Fsp3) is 0.214. The minimum Gasteiger partial charge on any atom is -0.324 e. The van der Waals surface area contributed by atoms with Crippen LogP contribution in [0, 0.1) is 0 Å². The van der Waals surface area contributed by atoms with E-state index in [9.17, 15) is 0 Å². The average Bonchev–Trinajstić information content (AvgIpc) is 2.28. The molecule has 0 aliphatic carbocycles. The van der Waals surface area contributed by atoms with Gasteiger partial charge in [0.25, 0.3) is 0 Å². The van der Waals surface area contributed by atoms with Crippen molar-refractivity contribution in [2.24, 2.45) is 5.73 Å². The van der Waals surface area contributed by atoms with Crippen LogP contribution in [0.3, 0.4) is 0 Å². The predicted molar refractivity (Wildman–Crippen MR) is 69.0 cm³/mol. The highest BCUT2D eigenvalue weighted by molar-refractivity contribution is 5.79. The van der Waals surface area contributed by atoms with Crippen molar-refractivity contribution in [1.29, 1.82) is 0 Å². The average molecular weight is 212 g/mol. The van der Waals surface area contributed by atoms with Crippen LogP contribution in [0.5, 0.6) is 0 Å². The smallest absolute Gasteiger partial charge is 0.0709 e. The minimum atomic E-state index is 0.0771. The van der Waals surface area contributed by atoms with Crippen molar-refractivity contribution in [2.75, 3.05) is 0 Å². The van der Waals surface area contributed by atoms with E-state index in [1.165, 1.54) is 0 Å².